The molecule has 5 heteroatoms. The number of ether oxygens (including phenoxy) is 1. The van der Waals surface area contributed by atoms with Gasteiger partial charge in [-0.2, -0.15) is 0 Å². The molecule has 0 amide bonds. The maximum absolute atomic E-state index is 11.0. The van der Waals surface area contributed by atoms with Gasteiger partial charge in [0.05, 0.1) is 19.1 Å². The maximum Gasteiger partial charge on any atom is 0.339 e. The van der Waals surface area contributed by atoms with Gasteiger partial charge in [-0.25, -0.2) is 4.79 Å². The van der Waals surface area contributed by atoms with Gasteiger partial charge in [0.2, 0.25) is 0 Å². The third kappa shape index (κ3) is 2.55. The molecule has 0 radical (unpaired) electrons. The number of pyridine rings is 1. The second-order valence-electron chi connectivity index (χ2n) is 2.64. The van der Waals surface area contributed by atoms with Crippen LogP contribution >= 0.6 is 0 Å². The van der Waals surface area contributed by atoms with Crippen molar-refractivity contribution in [3.8, 4) is 0 Å². The van der Waals surface area contributed by atoms with Crippen molar-refractivity contribution in [3.05, 3.63) is 29.6 Å². The third-order valence-electron chi connectivity index (χ3n) is 1.57. The number of methoxy groups -OCH3 is 1. The first-order valence-electron chi connectivity index (χ1n) is 3.87. The molecule has 0 atom stereocenters. The lowest BCUT2D eigenvalue weighted by atomic mass is 10.1. The molecule has 0 saturated heterocycles. The largest absolute Gasteiger partial charge is 0.481 e. The van der Waals surface area contributed by atoms with Crippen molar-refractivity contribution in [1.82, 2.24) is 4.98 Å². The highest BCUT2D eigenvalue weighted by Crippen LogP contribution is 2.04. The molecule has 0 aromatic carbocycles. The Bertz CT molecular complexity index is 362. The van der Waals surface area contributed by atoms with E-state index in [4.69, 9.17) is 5.11 Å². The zero-order valence-corrected chi connectivity index (χ0v) is 7.56. The van der Waals surface area contributed by atoms with E-state index < -0.39 is 11.9 Å². The molecule has 74 valence electrons. The number of aliphatic carboxylic acids is 1. The van der Waals surface area contributed by atoms with E-state index >= 15 is 0 Å². The minimum Gasteiger partial charge on any atom is -0.481 e. The average Bonchev–Trinajstić information content (AvgIpc) is 2.16. The van der Waals surface area contributed by atoms with Gasteiger partial charge in [-0.3, -0.25) is 9.78 Å². The third-order valence-corrected chi connectivity index (χ3v) is 1.57. The van der Waals surface area contributed by atoms with Crippen LogP contribution < -0.4 is 0 Å². The Morgan fingerprint density at radius 1 is 1.50 bits per heavy atom. The van der Waals surface area contributed by atoms with Crippen molar-refractivity contribution in [3.63, 3.8) is 0 Å². The summed E-state index contributed by atoms with van der Waals surface area (Å²) in [5.74, 6) is -1.49. The molecule has 1 aromatic heterocycles. The number of carboxylic acids is 1. The van der Waals surface area contributed by atoms with Gasteiger partial charge in [-0.15, -0.1) is 0 Å². The van der Waals surface area contributed by atoms with Crippen molar-refractivity contribution >= 4 is 11.9 Å². The first kappa shape index (κ1) is 10.2. The van der Waals surface area contributed by atoms with Crippen molar-refractivity contribution in [2.24, 2.45) is 0 Å². The van der Waals surface area contributed by atoms with Crippen LogP contribution in [-0.4, -0.2) is 29.1 Å². The van der Waals surface area contributed by atoms with Crippen molar-refractivity contribution in [1.29, 1.82) is 0 Å². The van der Waals surface area contributed by atoms with Crippen LogP contribution in [0.5, 0.6) is 0 Å². The number of nitrogens with zero attached hydrogens (tertiary/aromatic N) is 1. The number of rotatable bonds is 3. The van der Waals surface area contributed by atoms with E-state index in [-0.39, 0.29) is 12.0 Å². The highest BCUT2D eigenvalue weighted by atomic mass is 16.5. The molecule has 5 nitrogen and oxygen atoms in total. The van der Waals surface area contributed by atoms with Gasteiger partial charge >= 0.3 is 11.9 Å². The summed E-state index contributed by atoms with van der Waals surface area (Å²) in [4.78, 5) is 25.2. The fourth-order valence-electron chi connectivity index (χ4n) is 0.988. The molecule has 1 heterocycles. The molecule has 1 aromatic rings. The van der Waals surface area contributed by atoms with E-state index in [9.17, 15) is 9.59 Å². The Balaban J connectivity index is 2.89. The Hall–Kier alpha value is -1.91. The van der Waals surface area contributed by atoms with Crippen LogP contribution in [0, 0.1) is 0 Å². The quantitative estimate of drug-likeness (QED) is 0.710. The SMILES string of the molecule is COC(=O)c1cncc(CC(=O)O)c1. The molecule has 0 unspecified atom stereocenters. The second-order valence-corrected chi connectivity index (χ2v) is 2.64. The summed E-state index contributed by atoms with van der Waals surface area (Å²) >= 11 is 0. The summed E-state index contributed by atoms with van der Waals surface area (Å²) in [5.41, 5.74) is 0.728. The lowest BCUT2D eigenvalue weighted by Gasteiger charge is -2.00. The predicted octanol–water partition coefficient (Wildman–Crippen LogP) is 0.495. The zero-order chi connectivity index (χ0) is 10.6. The van der Waals surface area contributed by atoms with Gasteiger partial charge in [0, 0.05) is 12.4 Å². The van der Waals surface area contributed by atoms with Crippen LogP contribution in [0.15, 0.2) is 18.5 Å². The number of carbonyl (C=O) groups excluding carboxylic acids is 1. The molecule has 1 rings (SSSR count). The molecular weight excluding hydrogens is 186 g/mol. The van der Waals surface area contributed by atoms with Gasteiger partial charge < -0.3 is 9.84 Å². The average molecular weight is 195 g/mol. The van der Waals surface area contributed by atoms with E-state index in [0.29, 0.717) is 5.56 Å². The van der Waals surface area contributed by atoms with E-state index in [0.717, 1.165) is 0 Å². The number of carboxylic acid groups (broad SMARTS) is 1. The molecule has 0 spiro atoms. The van der Waals surface area contributed by atoms with Gasteiger partial charge in [0.25, 0.3) is 0 Å². The van der Waals surface area contributed by atoms with E-state index in [1.807, 2.05) is 0 Å². The standard InChI is InChI=1S/C9H9NO4/c1-14-9(13)7-2-6(3-8(11)12)4-10-5-7/h2,4-5H,3H2,1H3,(H,11,12). The Morgan fingerprint density at radius 2 is 2.21 bits per heavy atom. The van der Waals surface area contributed by atoms with E-state index in [1.54, 1.807) is 0 Å². The summed E-state index contributed by atoms with van der Waals surface area (Å²) in [5, 5.41) is 8.51. The first-order chi connectivity index (χ1) is 6.63. The fourth-order valence-corrected chi connectivity index (χ4v) is 0.988. The summed E-state index contributed by atoms with van der Waals surface area (Å²) in [7, 11) is 1.26. The summed E-state index contributed by atoms with van der Waals surface area (Å²) in [6, 6.07) is 1.45. The van der Waals surface area contributed by atoms with Crippen molar-refractivity contribution in [2.45, 2.75) is 6.42 Å². The Morgan fingerprint density at radius 3 is 2.79 bits per heavy atom. The van der Waals surface area contributed by atoms with Crippen LogP contribution in [0.25, 0.3) is 0 Å². The highest BCUT2D eigenvalue weighted by Gasteiger charge is 2.07. The smallest absolute Gasteiger partial charge is 0.339 e. The molecule has 0 aliphatic heterocycles. The molecule has 14 heavy (non-hydrogen) atoms. The van der Waals surface area contributed by atoms with Crippen LogP contribution in [0.3, 0.4) is 0 Å². The first-order valence-corrected chi connectivity index (χ1v) is 3.87. The van der Waals surface area contributed by atoms with Gasteiger partial charge in [0.1, 0.15) is 0 Å². The van der Waals surface area contributed by atoms with Crippen LogP contribution in [0.4, 0.5) is 0 Å². The van der Waals surface area contributed by atoms with Crippen LogP contribution in [0.1, 0.15) is 15.9 Å². The second kappa shape index (κ2) is 4.36. The van der Waals surface area contributed by atoms with Crippen LogP contribution in [-0.2, 0) is 16.0 Å². The summed E-state index contributed by atoms with van der Waals surface area (Å²) in [6.45, 7) is 0. The number of esters is 1. The Kier molecular flexibility index (Phi) is 3.17. The molecule has 1 N–H and O–H groups in total. The minimum atomic E-state index is -0.964. The minimum absolute atomic E-state index is 0.155. The van der Waals surface area contributed by atoms with Gasteiger partial charge in [0.15, 0.2) is 0 Å². The number of carbonyl (C=O) groups is 2. The maximum atomic E-state index is 11.0. The molecule has 0 aliphatic carbocycles. The lowest BCUT2D eigenvalue weighted by molar-refractivity contribution is -0.136. The predicted molar refractivity (Wildman–Crippen MR) is 46.9 cm³/mol. The monoisotopic (exact) mass is 195 g/mol. The Labute approximate surface area is 80.3 Å². The topological polar surface area (TPSA) is 76.5 Å². The molecule has 0 bridgehead atoms. The fraction of sp³-hybridized carbons (Fsp3) is 0.222. The normalized spacial score (nSPS) is 9.50. The van der Waals surface area contributed by atoms with Crippen molar-refractivity contribution in [2.75, 3.05) is 7.11 Å². The highest BCUT2D eigenvalue weighted by molar-refractivity contribution is 5.89. The van der Waals surface area contributed by atoms with E-state index in [2.05, 4.69) is 9.72 Å². The van der Waals surface area contributed by atoms with Crippen molar-refractivity contribution < 1.29 is 19.4 Å². The molecular formula is C9H9NO4. The van der Waals surface area contributed by atoms with Crippen LogP contribution in [0.2, 0.25) is 0 Å². The number of hydrogen-bond acceptors (Lipinski definition) is 4. The van der Waals surface area contributed by atoms with E-state index in [1.165, 1.54) is 25.6 Å². The molecule has 0 fully saturated rings. The molecule has 0 saturated carbocycles. The summed E-state index contributed by atoms with van der Waals surface area (Å²) in [6.07, 6.45) is 2.58. The van der Waals surface area contributed by atoms with Gasteiger partial charge in [-0.1, -0.05) is 0 Å². The molecule has 0 aliphatic rings. The number of aromatic nitrogens is 1. The van der Waals surface area contributed by atoms with Gasteiger partial charge in [-0.05, 0) is 11.6 Å². The summed E-state index contributed by atoms with van der Waals surface area (Å²) < 4.78 is 4.47. The number of hydrogen-bond donors (Lipinski definition) is 1. The lowest BCUT2D eigenvalue weighted by Crippen LogP contribution is -2.05. The zero-order valence-electron chi connectivity index (χ0n) is 7.56.